The van der Waals surface area contributed by atoms with Crippen LogP contribution in [0.15, 0.2) is 29.3 Å². The number of likely N-dealkylation sites (N-methyl/N-ethyl adjacent to an activating group) is 1. The zero-order chi connectivity index (χ0) is 17.9. The second-order valence-corrected chi connectivity index (χ2v) is 6.67. The van der Waals surface area contributed by atoms with Crippen LogP contribution in [-0.4, -0.2) is 51.2 Å². The summed E-state index contributed by atoms with van der Waals surface area (Å²) in [6.45, 7) is 8.97. The Morgan fingerprint density at radius 3 is 2.58 bits per heavy atom. The summed E-state index contributed by atoms with van der Waals surface area (Å²) in [7, 11) is 5.95. The summed E-state index contributed by atoms with van der Waals surface area (Å²) in [4.78, 5) is 6.97. The van der Waals surface area contributed by atoms with Gasteiger partial charge < -0.3 is 20.3 Å². The summed E-state index contributed by atoms with van der Waals surface area (Å²) in [5, 5.41) is 6.79. The molecule has 0 fully saturated rings. The third kappa shape index (κ3) is 7.68. The lowest BCUT2D eigenvalue weighted by Gasteiger charge is -2.27. The van der Waals surface area contributed by atoms with Crippen LogP contribution in [0, 0.1) is 5.92 Å². The van der Waals surface area contributed by atoms with Gasteiger partial charge in [-0.3, -0.25) is 0 Å². The molecule has 1 aromatic carbocycles. The molecule has 5 nitrogen and oxygen atoms in total. The minimum absolute atomic E-state index is 0.491. The molecular weight excluding hydrogens is 300 g/mol. The number of ether oxygens (including phenoxy) is 1. The zero-order valence-corrected chi connectivity index (χ0v) is 16.1. The average molecular weight is 335 g/mol. The molecule has 0 aromatic heterocycles. The van der Waals surface area contributed by atoms with Gasteiger partial charge in [0.2, 0.25) is 0 Å². The Hall–Kier alpha value is -1.75. The predicted octanol–water partition coefficient (Wildman–Crippen LogP) is 2.73. The zero-order valence-electron chi connectivity index (χ0n) is 16.1. The fourth-order valence-corrected chi connectivity index (χ4v) is 2.52. The molecular formula is C19H34N4O. The van der Waals surface area contributed by atoms with Crippen LogP contribution >= 0.6 is 0 Å². The minimum Gasteiger partial charge on any atom is -0.497 e. The molecule has 136 valence electrons. The van der Waals surface area contributed by atoms with Crippen molar-refractivity contribution in [2.45, 2.75) is 39.8 Å². The fourth-order valence-electron chi connectivity index (χ4n) is 2.52. The maximum atomic E-state index is 5.27. The molecule has 1 atom stereocenters. The van der Waals surface area contributed by atoms with Crippen LogP contribution in [0.25, 0.3) is 0 Å². The first-order chi connectivity index (χ1) is 11.5. The van der Waals surface area contributed by atoms with Gasteiger partial charge in [-0.05, 0) is 51.1 Å². The standard InChI is InChI=1S/C19H34N4O/c1-7-20-19(22-14-17(23(4)5)11-15(2)3)21-13-16-9-8-10-18(12-16)24-6/h8-10,12,15,17H,7,11,13-14H2,1-6H3,(H2,20,21,22). The highest BCUT2D eigenvalue weighted by Gasteiger charge is 2.13. The van der Waals surface area contributed by atoms with Crippen molar-refractivity contribution in [3.63, 3.8) is 0 Å². The van der Waals surface area contributed by atoms with Gasteiger partial charge in [-0.2, -0.15) is 0 Å². The number of hydrogen-bond acceptors (Lipinski definition) is 3. The normalized spacial score (nSPS) is 13.2. The maximum absolute atomic E-state index is 5.27. The molecule has 2 N–H and O–H groups in total. The Morgan fingerprint density at radius 1 is 1.25 bits per heavy atom. The molecule has 0 heterocycles. The third-order valence-corrected chi connectivity index (χ3v) is 3.88. The van der Waals surface area contributed by atoms with Crippen molar-refractivity contribution >= 4 is 5.96 Å². The topological polar surface area (TPSA) is 48.9 Å². The molecule has 0 amide bonds. The Morgan fingerprint density at radius 2 is 2.00 bits per heavy atom. The lowest BCUT2D eigenvalue weighted by atomic mass is 10.0. The predicted molar refractivity (Wildman–Crippen MR) is 103 cm³/mol. The van der Waals surface area contributed by atoms with Crippen molar-refractivity contribution < 1.29 is 4.74 Å². The molecule has 0 aliphatic carbocycles. The van der Waals surface area contributed by atoms with Crippen molar-refractivity contribution in [3.05, 3.63) is 29.8 Å². The smallest absolute Gasteiger partial charge is 0.191 e. The summed E-state index contributed by atoms with van der Waals surface area (Å²) < 4.78 is 5.27. The molecule has 0 radical (unpaired) electrons. The fraction of sp³-hybridized carbons (Fsp3) is 0.632. The van der Waals surface area contributed by atoms with Crippen LogP contribution in [0.2, 0.25) is 0 Å². The highest BCUT2D eigenvalue weighted by molar-refractivity contribution is 5.79. The first-order valence-corrected chi connectivity index (χ1v) is 8.77. The van der Waals surface area contributed by atoms with Gasteiger partial charge in [0, 0.05) is 19.1 Å². The van der Waals surface area contributed by atoms with Crippen molar-refractivity contribution in [1.82, 2.24) is 15.5 Å². The van der Waals surface area contributed by atoms with Crippen molar-refractivity contribution in [2.24, 2.45) is 10.9 Å². The van der Waals surface area contributed by atoms with E-state index >= 15 is 0 Å². The van der Waals surface area contributed by atoms with Gasteiger partial charge in [0.15, 0.2) is 5.96 Å². The van der Waals surface area contributed by atoms with Crippen molar-refractivity contribution in [1.29, 1.82) is 0 Å². The Bertz CT molecular complexity index is 500. The van der Waals surface area contributed by atoms with Crippen LogP contribution in [0.3, 0.4) is 0 Å². The Labute approximate surface area is 147 Å². The molecule has 0 saturated heterocycles. The second-order valence-electron chi connectivity index (χ2n) is 6.67. The average Bonchev–Trinajstić information content (AvgIpc) is 2.55. The number of methoxy groups -OCH3 is 1. The van der Waals surface area contributed by atoms with Gasteiger partial charge in [-0.1, -0.05) is 26.0 Å². The lowest BCUT2D eigenvalue weighted by molar-refractivity contribution is 0.254. The molecule has 0 aliphatic rings. The molecule has 0 saturated carbocycles. The van der Waals surface area contributed by atoms with E-state index in [2.05, 4.69) is 61.5 Å². The molecule has 1 unspecified atom stereocenters. The summed E-state index contributed by atoms with van der Waals surface area (Å²) in [5.41, 5.74) is 1.14. The van der Waals surface area contributed by atoms with E-state index in [4.69, 9.17) is 4.74 Å². The van der Waals surface area contributed by atoms with Crippen molar-refractivity contribution in [2.75, 3.05) is 34.3 Å². The lowest BCUT2D eigenvalue weighted by Crippen LogP contribution is -2.45. The summed E-state index contributed by atoms with van der Waals surface area (Å²) in [5.74, 6) is 2.40. The van der Waals surface area contributed by atoms with Gasteiger partial charge in [-0.25, -0.2) is 4.99 Å². The van der Waals surface area contributed by atoms with E-state index in [-0.39, 0.29) is 0 Å². The van der Waals surface area contributed by atoms with Gasteiger partial charge in [0.25, 0.3) is 0 Å². The van der Waals surface area contributed by atoms with Crippen LogP contribution in [0.4, 0.5) is 0 Å². The van der Waals surface area contributed by atoms with Crippen LogP contribution in [-0.2, 0) is 6.54 Å². The Kier molecular flexibility index (Phi) is 9.23. The minimum atomic E-state index is 0.491. The number of rotatable bonds is 9. The van der Waals surface area contributed by atoms with E-state index in [0.717, 1.165) is 36.8 Å². The summed E-state index contributed by atoms with van der Waals surface area (Å²) in [6.07, 6.45) is 1.16. The number of guanidine groups is 1. The number of nitrogens with zero attached hydrogens (tertiary/aromatic N) is 2. The maximum Gasteiger partial charge on any atom is 0.191 e. The van der Waals surface area contributed by atoms with E-state index in [9.17, 15) is 0 Å². The third-order valence-electron chi connectivity index (χ3n) is 3.88. The summed E-state index contributed by atoms with van der Waals surface area (Å²) >= 11 is 0. The molecule has 0 bridgehead atoms. The molecule has 0 aliphatic heterocycles. The number of nitrogens with one attached hydrogen (secondary N) is 2. The van der Waals surface area contributed by atoms with E-state index < -0.39 is 0 Å². The second kappa shape index (κ2) is 10.9. The quantitative estimate of drug-likeness (QED) is 0.538. The molecule has 1 aromatic rings. The first-order valence-electron chi connectivity index (χ1n) is 8.77. The van der Waals surface area contributed by atoms with E-state index in [1.165, 1.54) is 0 Å². The van der Waals surface area contributed by atoms with Gasteiger partial charge in [0.05, 0.1) is 13.7 Å². The first kappa shape index (κ1) is 20.3. The highest BCUT2D eigenvalue weighted by Crippen LogP contribution is 2.13. The van der Waals surface area contributed by atoms with E-state index in [1.807, 2.05) is 18.2 Å². The van der Waals surface area contributed by atoms with Gasteiger partial charge in [-0.15, -0.1) is 0 Å². The monoisotopic (exact) mass is 334 g/mol. The highest BCUT2D eigenvalue weighted by atomic mass is 16.5. The van der Waals surface area contributed by atoms with Crippen molar-refractivity contribution in [3.8, 4) is 5.75 Å². The van der Waals surface area contributed by atoms with Crippen LogP contribution < -0.4 is 15.4 Å². The van der Waals surface area contributed by atoms with E-state index in [1.54, 1.807) is 7.11 Å². The molecule has 0 spiro atoms. The van der Waals surface area contributed by atoms with Crippen LogP contribution in [0.1, 0.15) is 32.8 Å². The molecule has 1 rings (SSSR count). The summed E-state index contributed by atoms with van der Waals surface area (Å²) in [6, 6.07) is 8.52. The van der Waals surface area contributed by atoms with Crippen LogP contribution in [0.5, 0.6) is 5.75 Å². The largest absolute Gasteiger partial charge is 0.497 e. The molecule has 5 heteroatoms. The molecule has 24 heavy (non-hydrogen) atoms. The number of hydrogen-bond donors (Lipinski definition) is 2. The van der Waals surface area contributed by atoms with Gasteiger partial charge >= 0.3 is 0 Å². The SMILES string of the molecule is CCNC(=NCc1cccc(OC)c1)NCC(CC(C)C)N(C)C. The number of benzene rings is 1. The van der Waals surface area contributed by atoms with E-state index in [0.29, 0.717) is 18.5 Å². The van der Waals surface area contributed by atoms with Gasteiger partial charge in [0.1, 0.15) is 5.75 Å². The number of aliphatic imine (C=N–C) groups is 1. The Balaban J connectivity index is 2.67.